The van der Waals surface area contributed by atoms with E-state index in [4.69, 9.17) is 5.10 Å². The van der Waals surface area contributed by atoms with Gasteiger partial charge in [0.05, 0.1) is 23.1 Å². The lowest BCUT2D eigenvalue weighted by Crippen LogP contribution is -2.48. The van der Waals surface area contributed by atoms with Crippen molar-refractivity contribution in [2.75, 3.05) is 29.9 Å². The van der Waals surface area contributed by atoms with Crippen molar-refractivity contribution in [3.8, 4) is 0 Å². The molecule has 46 heavy (non-hydrogen) atoms. The maximum absolute atomic E-state index is 14.8. The number of carbonyl (C=O) groups excluding carboxylic acids is 1. The lowest BCUT2D eigenvalue weighted by atomic mass is 9.82. The van der Waals surface area contributed by atoms with Crippen molar-refractivity contribution < 1.29 is 4.79 Å². The molecule has 0 bridgehead atoms. The number of nitrogens with zero attached hydrogens (tertiary/aromatic N) is 5. The molecule has 1 aliphatic carbocycles. The summed E-state index contributed by atoms with van der Waals surface area (Å²) in [6, 6.07) is 25.5. The third-order valence-corrected chi connectivity index (χ3v) is 9.79. The predicted molar refractivity (Wildman–Crippen MR) is 186 cm³/mol. The average molecular weight is 616 g/mol. The molecule has 7 rings (SSSR count). The van der Waals surface area contributed by atoms with E-state index in [0.717, 1.165) is 98.0 Å². The third kappa shape index (κ3) is 6.72. The third-order valence-electron chi connectivity index (χ3n) is 9.79. The highest BCUT2D eigenvalue weighted by Gasteiger charge is 2.38. The number of fused-ring (bicyclic) bond motifs is 1. The Hall–Kier alpha value is -4.43. The highest BCUT2D eigenvalue weighted by Crippen LogP contribution is 2.39. The minimum absolute atomic E-state index is 0.0542. The number of aromatic amines is 1. The SMILES string of the molecule is Cc1ccc2c(c1)N(c1ccc(NCCc3ncc[nH]3)cc1)C(=O)N(C1CCN(Cc3ccccc3)CC1)N=C2C1CCCCC1. The normalized spacial score (nSPS) is 18.3. The van der Waals surface area contributed by atoms with E-state index in [0.29, 0.717) is 5.92 Å². The number of urea groups is 1. The molecule has 8 heteroatoms. The standard InChI is InChI=1S/C38H45N7O/c1-28-12-17-34-35(26-28)44(32-15-13-31(14-16-32)39-21-18-36-40-22-23-41-36)38(46)45(42-37(34)30-10-6-3-7-11-30)33-19-24-43(25-20-33)27-29-8-4-2-5-9-29/h2,4-5,8-9,12-17,22-23,26,30,33,39H,3,6-7,10-11,18-21,24-25,27H2,1H3,(H,40,41). The van der Waals surface area contributed by atoms with Crippen LogP contribution in [-0.4, -0.2) is 57.3 Å². The Labute approximate surface area is 272 Å². The summed E-state index contributed by atoms with van der Waals surface area (Å²) in [7, 11) is 0. The maximum Gasteiger partial charge on any atom is 0.349 e. The van der Waals surface area contributed by atoms with Crippen molar-refractivity contribution in [3.05, 3.63) is 108 Å². The molecular formula is C38H45N7O. The number of anilines is 3. The van der Waals surface area contributed by atoms with Gasteiger partial charge in [0, 0.05) is 62.2 Å². The van der Waals surface area contributed by atoms with Crippen molar-refractivity contribution in [3.63, 3.8) is 0 Å². The molecule has 2 aliphatic heterocycles. The van der Waals surface area contributed by atoms with E-state index in [9.17, 15) is 4.79 Å². The quantitative estimate of drug-likeness (QED) is 0.201. The first kappa shape index (κ1) is 30.2. The molecule has 1 saturated heterocycles. The number of hydrogen-bond acceptors (Lipinski definition) is 5. The van der Waals surface area contributed by atoms with Gasteiger partial charge in [-0.2, -0.15) is 5.10 Å². The summed E-state index contributed by atoms with van der Waals surface area (Å²) in [6.07, 6.45) is 12.2. The topological polar surface area (TPSA) is 79.9 Å². The molecule has 2 fully saturated rings. The zero-order valence-corrected chi connectivity index (χ0v) is 26.9. The molecule has 3 aliphatic rings. The molecule has 0 spiro atoms. The van der Waals surface area contributed by atoms with Crippen LogP contribution in [0.1, 0.15) is 67.5 Å². The van der Waals surface area contributed by atoms with Crippen LogP contribution < -0.4 is 10.2 Å². The van der Waals surface area contributed by atoms with Gasteiger partial charge in [0.2, 0.25) is 0 Å². The van der Waals surface area contributed by atoms with Gasteiger partial charge in [-0.05, 0) is 74.1 Å². The second kappa shape index (κ2) is 13.9. The fraction of sp³-hybridized carbons (Fsp3) is 0.395. The molecule has 4 aromatic rings. The second-order valence-electron chi connectivity index (χ2n) is 13.1. The zero-order chi connectivity index (χ0) is 31.3. The summed E-state index contributed by atoms with van der Waals surface area (Å²) < 4.78 is 0. The highest BCUT2D eigenvalue weighted by atomic mass is 16.2. The molecule has 2 N–H and O–H groups in total. The molecule has 1 saturated carbocycles. The first-order valence-electron chi connectivity index (χ1n) is 17.0. The van der Waals surface area contributed by atoms with Crippen molar-refractivity contribution in [1.29, 1.82) is 0 Å². The number of likely N-dealkylation sites (tertiary alicyclic amines) is 1. The average Bonchev–Trinajstić information content (AvgIpc) is 3.58. The number of hydrogen-bond donors (Lipinski definition) is 2. The zero-order valence-electron chi connectivity index (χ0n) is 26.9. The van der Waals surface area contributed by atoms with Crippen LogP contribution in [0.4, 0.5) is 21.9 Å². The lowest BCUT2D eigenvalue weighted by Gasteiger charge is -2.37. The monoisotopic (exact) mass is 615 g/mol. The molecule has 0 atom stereocenters. The summed E-state index contributed by atoms with van der Waals surface area (Å²) >= 11 is 0. The Morgan fingerprint density at radius 1 is 0.913 bits per heavy atom. The van der Waals surface area contributed by atoms with E-state index in [2.05, 4.69) is 99.9 Å². The summed E-state index contributed by atoms with van der Waals surface area (Å²) in [4.78, 5) is 26.7. The number of carbonyl (C=O) groups is 1. The Morgan fingerprint density at radius 2 is 1.70 bits per heavy atom. The van der Waals surface area contributed by atoms with Gasteiger partial charge in [-0.15, -0.1) is 0 Å². The minimum Gasteiger partial charge on any atom is -0.385 e. The van der Waals surface area contributed by atoms with Gasteiger partial charge in [0.15, 0.2) is 0 Å². The summed E-state index contributed by atoms with van der Waals surface area (Å²) in [6.45, 7) is 5.71. The van der Waals surface area contributed by atoms with Crippen LogP contribution >= 0.6 is 0 Å². The molecule has 238 valence electrons. The summed E-state index contributed by atoms with van der Waals surface area (Å²) in [5.74, 6) is 1.33. The predicted octanol–water partition coefficient (Wildman–Crippen LogP) is 7.90. The van der Waals surface area contributed by atoms with Crippen molar-refractivity contribution in [1.82, 2.24) is 19.9 Å². The van der Waals surface area contributed by atoms with Crippen LogP contribution in [0.5, 0.6) is 0 Å². The van der Waals surface area contributed by atoms with Crippen LogP contribution in [0, 0.1) is 12.8 Å². The van der Waals surface area contributed by atoms with E-state index < -0.39 is 0 Å². The number of H-pyrrole nitrogens is 1. The summed E-state index contributed by atoms with van der Waals surface area (Å²) in [5, 5.41) is 10.7. The number of imidazole rings is 1. The molecule has 8 nitrogen and oxygen atoms in total. The Kier molecular flexibility index (Phi) is 9.15. The van der Waals surface area contributed by atoms with Crippen molar-refractivity contribution in [2.24, 2.45) is 11.0 Å². The molecular weight excluding hydrogens is 570 g/mol. The van der Waals surface area contributed by atoms with Crippen LogP contribution in [0.25, 0.3) is 0 Å². The molecule has 0 unspecified atom stereocenters. The lowest BCUT2D eigenvalue weighted by molar-refractivity contribution is 0.123. The van der Waals surface area contributed by atoms with Crippen molar-refractivity contribution >= 4 is 28.8 Å². The van der Waals surface area contributed by atoms with E-state index in [1.807, 2.05) is 16.1 Å². The number of aryl methyl sites for hydroxylation is 1. The number of nitrogens with one attached hydrogen (secondary N) is 2. The fourth-order valence-corrected chi connectivity index (χ4v) is 7.28. The van der Waals surface area contributed by atoms with Gasteiger partial charge in [0.25, 0.3) is 0 Å². The molecule has 3 heterocycles. The first-order chi connectivity index (χ1) is 22.6. The maximum atomic E-state index is 14.8. The number of rotatable bonds is 9. The Balaban J connectivity index is 1.18. The van der Waals surface area contributed by atoms with Crippen LogP contribution in [0.15, 0.2) is 90.3 Å². The summed E-state index contributed by atoms with van der Waals surface area (Å²) in [5.41, 5.74) is 7.48. The van der Waals surface area contributed by atoms with Gasteiger partial charge < -0.3 is 10.3 Å². The number of hydrazone groups is 1. The Bertz CT molecular complexity index is 1620. The van der Waals surface area contributed by atoms with Gasteiger partial charge >= 0.3 is 6.03 Å². The fourth-order valence-electron chi connectivity index (χ4n) is 7.28. The van der Waals surface area contributed by atoms with Crippen LogP contribution in [0.3, 0.4) is 0 Å². The Morgan fingerprint density at radius 3 is 2.43 bits per heavy atom. The number of piperidine rings is 1. The van der Waals surface area contributed by atoms with E-state index in [1.165, 1.54) is 24.8 Å². The number of benzene rings is 3. The largest absolute Gasteiger partial charge is 0.385 e. The van der Waals surface area contributed by atoms with Crippen molar-refractivity contribution in [2.45, 2.75) is 70.9 Å². The minimum atomic E-state index is -0.0577. The van der Waals surface area contributed by atoms with Gasteiger partial charge in [0.1, 0.15) is 5.82 Å². The second-order valence-corrected chi connectivity index (χ2v) is 13.1. The van der Waals surface area contributed by atoms with Crippen LogP contribution in [-0.2, 0) is 13.0 Å². The first-order valence-corrected chi connectivity index (χ1v) is 17.0. The number of aromatic nitrogens is 2. The molecule has 2 amide bonds. The van der Waals surface area contributed by atoms with E-state index in [-0.39, 0.29) is 12.1 Å². The number of amides is 2. The van der Waals surface area contributed by atoms with Crippen LogP contribution in [0.2, 0.25) is 0 Å². The van der Waals surface area contributed by atoms with Gasteiger partial charge in [-0.1, -0.05) is 61.7 Å². The molecule has 0 radical (unpaired) electrons. The highest BCUT2D eigenvalue weighted by molar-refractivity contribution is 6.14. The molecule has 1 aromatic heterocycles. The molecule has 3 aromatic carbocycles. The van der Waals surface area contributed by atoms with E-state index >= 15 is 0 Å². The van der Waals surface area contributed by atoms with E-state index in [1.54, 1.807) is 6.20 Å². The van der Waals surface area contributed by atoms with Gasteiger partial charge in [-0.3, -0.25) is 9.80 Å². The van der Waals surface area contributed by atoms with Gasteiger partial charge in [-0.25, -0.2) is 14.8 Å². The smallest absolute Gasteiger partial charge is 0.349 e.